The van der Waals surface area contributed by atoms with Crippen LogP contribution in [0.1, 0.15) is 11.1 Å². The molecule has 6 nitrogen and oxygen atoms in total. The lowest BCUT2D eigenvalue weighted by Gasteiger charge is -2.06. The van der Waals surface area contributed by atoms with E-state index in [1.165, 1.54) is 16.4 Å². The normalized spacial score (nSPS) is 10.1. The minimum Gasteiger partial charge on any atom is -0.265 e. The van der Waals surface area contributed by atoms with Crippen molar-refractivity contribution in [1.29, 1.82) is 5.26 Å². The first-order valence-electron chi connectivity index (χ1n) is 5.40. The summed E-state index contributed by atoms with van der Waals surface area (Å²) in [5, 5.41) is 11.7. The monoisotopic (exact) mass is 274 g/mol. The van der Waals surface area contributed by atoms with Crippen LogP contribution in [0.25, 0.3) is 0 Å². The number of hydrogen-bond donors (Lipinski definition) is 1. The lowest BCUT2D eigenvalue weighted by molar-refractivity contribution is 0.596. The van der Waals surface area contributed by atoms with E-state index in [9.17, 15) is 9.59 Å². The molecule has 1 N–H and O–H groups in total. The second-order valence-corrected chi connectivity index (χ2v) is 4.70. The van der Waals surface area contributed by atoms with Gasteiger partial charge < -0.3 is 0 Å². The molecule has 19 heavy (non-hydrogen) atoms. The van der Waals surface area contributed by atoms with Gasteiger partial charge in [0.2, 0.25) is 0 Å². The van der Waals surface area contributed by atoms with Gasteiger partial charge in [0.05, 0.1) is 11.6 Å². The molecule has 2 rings (SSSR count). The molecule has 0 aliphatic carbocycles. The Morgan fingerprint density at radius 2 is 2.16 bits per heavy atom. The molecule has 0 aliphatic heterocycles. The van der Waals surface area contributed by atoms with Crippen LogP contribution in [0, 0.1) is 11.3 Å². The fraction of sp³-hybridized carbons (Fsp3) is 0.167. The summed E-state index contributed by atoms with van der Waals surface area (Å²) >= 11 is 1.28. The lowest BCUT2D eigenvalue weighted by Crippen LogP contribution is -2.33. The fourth-order valence-electron chi connectivity index (χ4n) is 1.49. The van der Waals surface area contributed by atoms with Crippen LogP contribution < -0.4 is 11.1 Å². The second-order valence-electron chi connectivity index (χ2n) is 3.76. The van der Waals surface area contributed by atoms with Crippen LogP contribution in [0.15, 0.2) is 39.0 Å². The van der Waals surface area contributed by atoms with Crippen molar-refractivity contribution in [2.24, 2.45) is 7.05 Å². The van der Waals surface area contributed by atoms with Crippen molar-refractivity contribution in [1.82, 2.24) is 14.8 Å². The zero-order valence-corrected chi connectivity index (χ0v) is 10.9. The lowest BCUT2D eigenvalue weighted by atomic mass is 10.1. The molecule has 0 spiro atoms. The van der Waals surface area contributed by atoms with Gasteiger partial charge in [-0.1, -0.05) is 30.0 Å². The Bertz CT molecular complexity index is 757. The largest absolute Gasteiger partial charge is 0.339 e. The van der Waals surface area contributed by atoms with Crippen molar-refractivity contribution in [3.8, 4) is 6.07 Å². The van der Waals surface area contributed by atoms with Gasteiger partial charge in [0.15, 0.2) is 5.16 Å². The summed E-state index contributed by atoms with van der Waals surface area (Å²) in [6.45, 7) is 0. The molecule has 0 aliphatic rings. The van der Waals surface area contributed by atoms with Crippen molar-refractivity contribution in [2.45, 2.75) is 10.9 Å². The van der Waals surface area contributed by atoms with Gasteiger partial charge in [-0.3, -0.25) is 19.4 Å². The Labute approximate surface area is 112 Å². The molecular weight excluding hydrogens is 264 g/mol. The molecule has 96 valence electrons. The molecule has 0 fully saturated rings. The number of nitrogens with one attached hydrogen (secondary N) is 1. The molecule has 0 saturated carbocycles. The van der Waals surface area contributed by atoms with Crippen LogP contribution in [0.4, 0.5) is 0 Å². The van der Waals surface area contributed by atoms with Crippen LogP contribution >= 0.6 is 11.8 Å². The molecule has 0 bridgehead atoms. The van der Waals surface area contributed by atoms with Crippen molar-refractivity contribution in [2.75, 3.05) is 0 Å². The summed E-state index contributed by atoms with van der Waals surface area (Å²) in [4.78, 5) is 25.9. The number of aromatic amines is 1. The predicted octanol–water partition coefficient (Wildman–Crippen LogP) is 0.633. The Hall–Kier alpha value is -2.33. The maximum atomic E-state index is 11.2. The topological polar surface area (TPSA) is 91.5 Å². The Morgan fingerprint density at radius 3 is 2.89 bits per heavy atom. The number of nitrogens with zero attached hydrogens (tertiary/aromatic N) is 3. The average molecular weight is 274 g/mol. The molecule has 1 aromatic heterocycles. The number of nitriles is 1. The van der Waals surface area contributed by atoms with Gasteiger partial charge in [-0.15, -0.1) is 0 Å². The molecule has 1 aromatic carbocycles. The zero-order chi connectivity index (χ0) is 13.8. The van der Waals surface area contributed by atoms with Crippen LogP contribution in [0.3, 0.4) is 0 Å². The van der Waals surface area contributed by atoms with Crippen molar-refractivity contribution >= 4 is 11.8 Å². The van der Waals surface area contributed by atoms with Crippen molar-refractivity contribution < 1.29 is 0 Å². The molecule has 0 atom stereocenters. The van der Waals surface area contributed by atoms with Gasteiger partial charge >= 0.3 is 11.1 Å². The molecule has 0 unspecified atom stereocenters. The van der Waals surface area contributed by atoms with E-state index in [4.69, 9.17) is 5.26 Å². The van der Waals surface area contributed by atoms with E-state index >= 15 is 0 Å². The van der Waals surface area contributed by atoms with Gasteiger partial charge in [0.1, 0.15) is 0 Å². The minimum atomic E-state index is -0.811. The van der Waals surface area contributed by atoms with Crippen LogP contribution in [0.5, 0.6) is 0 Å². The minimum absolute atomic E-state index is 0.400. The van der Waals surface area contributed by atoms with Crippen molar-refractivity contribution in [3.63, 3.8) is 0 Å². The third-order valence-electron chi connectivity index (χ3n) is 2.44. The summed E-state index contributed by atoms with van der Waals surface area (Å²) < 4.78 is 1.39. The maximum Gasteiger partial charge on any atom is 0.339 e. The Balaban J connectivity index is 2.24. The van der Waals surface area contributed by atoms with E-state index in [0.29, 0.717) is 16.5 Å². The van der Waals surface area contributed by atoms with Crippen LogP contribution in [0.2, 0.25) is 0 Å². The van der Waals surface area contributed by atoms with Crippen molar-refractivity contribution in [3.05, 3.63) is 56.1 Å². The first-order valence-corrected chi connectivity index (χ1v) is 6.38. The number of hydrogen-bond acceptors (Lipinski definition) is 5. The molecule has 2 aromatic rings. The number of aryl methyl sites for hydroxylation is 1. The molecule has 0 saturated heterocycles. The first kappa shape index (κ1) is 13.1. The van der Waals surface area contributed by atoms with Crippen LogP contribution in [-0.2, 0) is 12.8 Å². The highest BCUT2D eigenvalue weighted by Gasteiger charge is 2.07. The Kier molecular flexibility index (Phi) is 3.82. The molecule has 1 heterocycles. The third kappa shape index (κ3) is 2.92. The molecular formula is C12H10N4O2S. The fourth-order valence-corrected chi connectivity index (χ4v) is 2.41. The average Bonchev–Trinajstić information content (AvgIpc) is 2.41. The van der Waals surface area contributed by atoms with E-state index in [1.54, 1.807) is 19.2 Å². The number of aromatic nitrogens is 3. The molecule has 0 radical (unpaired) electrons. The number of thioether (sulfide) groups is 1. The second kappa shape index (κ2) is 5.54. The van der Waals surface area contributed by atoms with Gasteiger partial charge in [-0.2, -0.15) is 10.2 Å². The maximum absolute atomic E-state index is 11.2. The summed E-state index contributed by atoms with van der Waals surface area (Å²) in [6.07, 6.45) is 0. The SMILES string of the molecule is Cn1[nH]c(=O)c(=O)nc1SCc1ccccc1C#N. The van der Waals surface area contributed by atoms with Gasteiger partial charge in [0, 0.05) is 12.8 Å². The van der Waals surface area contributed by atoms with Gasteiger partial charge in [0.25, 0.3) is 0 Å². The predicted molar refractivity (Wildman–Crippen MR) is 70.8 cm³/mol. The first-order chi connectivity index (χ1) is 9.11. The zero-order valence-electron chi connectivity index (χ0n) is 10.1. The standard InChI is InChI=1S/C12H10N4O2S/c1-16-12(14-10(17)11(18)15-16)19-7-9-5-3-2-4-8(9)6-13/h2-5H,7H2,1H3,(H,15,18). The highest BCUT2D eigenvalue weighted by molar-refractivity contribution is 7.98. The van der Waals surface area contributed by atoms with E-state index in [0.717, 1.165) is 5.56 Å². The summed E-state index contributed by atoms with van der Waals surface area (Å²) in [7, 11) is 1.60. The van der Waals surface area contributed by atoms with E-state index in [-0.39, 0.29) is 0 Å². The Morgan fingerprint density at radius 1 is 1.42 bits per heavy atom. The molecule has 0 amide bonds. The van der Waals surface area contributed by atoms with E-state index in [2.05, 4.69) is 16.2 Å². The van der Waals surface area contributed by atoms with Gasteiger partial charge in [-0.05, 0) is 11.6 Å². The quantitative estimate of drug-likeness (QED) is 0.655. The number of H-pyrrole nitrogens is 1. The third-order valence-corrected chi connectivity index (χ3v) is 3.52. The van der Waals surface area contributed by atoms with Crippen LogP contribution in [-0.4, -0.2) is 14.8 Å². The van der Waals surface area contributed by atoms with E-state index < -0.39 is 11.1 Å². The summed E-state index contributed by atoms with van der Waals surface area (Å²) in [6, 6.07) is 9.32. The van der Waals surface area contributed by atoms with Gasteiger partial charge in [-0.25, -0.2) is 0 Å². The smallest absolute Gasteiger partial charge is 0.265 e. The number of benzene rings is 1. The molecule has 7 heteroatoms. The number of rotatable bonds is 3. The highest BCUT2D eigenvalue weighted by Crippen LogP contribution is 2.20. The summed E-state index contributed by atoms with van der Waals surface area (Å²) in [5.74, 6) is 0.496. The highest BCUT2D eigenvalue weighted by atomic mass is 32.2. The van der Waals surface area contributed by atoms with E-state index in [1.807, 2.05) is 12.1 Å². The summed E-state index contributed by atoms with van der Waals surface area (Å²) in [5.41, 5.74) is -0.113.